The van der Waals surface area contributed by atoms with Crippen molar-refractivity contribution in [1.29, 1.82) is 0 Å². The van der Waals surface area contributed by atoms with Crippen molar-refractivity contribution in [2.75, 3.05) is 25.6 Å². The first-order valence-electron chi connectivity index (χ1n) is 8.09. The Morgan fingerprint density at radius 3 is 2.44 bits per heavy atom. The Kier molecular flexibility index (Phi) is 6.95. The number of anilines is 1. The van der Waals surface area contributed by atoms with Crippen molar-refractivity contribution in [2.45, 2.75) is 20.4 Å². The summed E-state index contributed by atoms with van der Waals surface area (Å²) in [5.74, 6) is 0.829. The topological polar surface area (TPSA) is 56.8 Å². The van der Waals surface area contributed by atoms with Crippen LogP contribution in [0.15, 0.2) is 36.4 Å². The van der Waals surface area contributed by atoms with Crippen molar-refractivity contribution in [3.8, 4) is 11.5 Å². The van der Waals surface area contributed by atoms with Gasteiger partial charge in [-0.1, -0.05) is 11.6 Å². The molecule has 0 saturated heterocycles. The van der Waals surface area contributed by atoms with Crippen LogP contribution in [0.5, 0.6) is 11.5 Å². The summed E-state index contributed by atoms with van der Waals surface area (Å²) in [6.45, 7) is 5.11. The maximum absolute atomic E-state index is 11.6. The third-order valence-electron chi connectivity index (χ3n) is 3.47. The smallest absolute Gasteiger partial charge is 0.338 e. The van der Waals surface area contributed by atoms with Gasteiger partial charge in [-0.25, -0.2) is 4.79 Å². The Hall–Kier alpha value is -2.40. The number of rotatable bonds is 8. The summed E-state index contributed by atoms with van der Waals surface area (Å²) in [7, 11) is 1.58. The molecular formula is C19H22ClNO4. The molecular weight excluding hydrogens is 342 g/mol. The molecule has 1 N–H and O–H groups in total. The molecule has 0 fully saturated rings. The molecule has 134 valence electrons. The van der Waals surface area contributed by atoms with Crippen LogP contribution in [0.4, 0.5) is 5.69 Å². The van der Waals surface area contributed by atoms with Gasteiger partial charge in [0.2, 0.25) is 0 Å². The van der Waals surface area contributed by atoms with Crippen molar-refractivity contribution in [3.05, 3.63) is 52.5 Å². The van der Waals surface area contributed by atoms with E-state index in [0.717, 1.165) is 11.3 Å². The van der Waals surface area contributed by atoms with E-state index < -0.39 is 0 Å². The number of methoxy groups -OCH3 is 1. The van der Waals surface area contributed by atoms with Crippen LogP contribution in [-0.4, -0.2) is 26.3 Å². The second-order valence-electron chi connectivity index (χ2n) is 5.19. The molecule has 0 amide bonds. The van der Waals surface area contributed by atoms with E-state index in [9.17, 15) is 4.79 Å². The van der Waals surface area contributed by atoms with E-state index in [1.54, 1.807) is 26.2 Å². The summed E-state index contributed by atoms with van der Waals surface area (Å²) in [6, 6.07) is 10.9. The molecule has 2 rings (SSSR count). The van der Waals surface area contributed by atoms with Crippen molar-refractivity contribution in [1.82, 2.24) is 0 Å². The van der Waals surface area contributed by atoms with E-state index in [-0.39, 0.29) is 5.97 Å². The molecule has 0 saturated carbocycles. The maximum atomic E-state index is 11.6. The predicted octanol–water partition coefficient (Wildman–Crippen LogP) is 4.54. The number of hydrogen-bond acceptors (Lipinski definition) is 5. The first-order chi connectivity index (χ1) is 12.1. The van der Waals surface area contributed by atoms with Gasteiger partial charge in [0.1, 0.15) is 0 Å². The van der Waals surface area contributed by atoms with Crippen molar-refractivity contribution < 1.29 is 19.0 Å². The van der Waals surface area contributed by atoms with Crippen LogP contribution >= 0.6 is 11.6 Å². The minimum Gasteiger partial charge on any atom is -0.493 e. The highest BCUT2D eigenvalue weighted by molar-refractivity contribution is 6.32. The number of carbonyl (C=O) groups is 1. The molecule has 6 heteroatoms. The van der Waals surface area contributed by atoms with Crippen LogP contribution in [0.3, 0.4) is 0 Å². The average Bonchev–Trinajstić information content (AvgIpc) is 2.62. The lowest BCUT2D eigenvalue weighted by Gasteiger charge is -2.14. The second kappa shape index (κ2) is 9.18. The Labute approximate surface area is 152 Å². The van der Waals surface area contributed by atoms with E-state index in [2.05, 4.69) is 5.32 Å². The minimum absolute atomic E-state index is 0.322. The quantitative estimate of drug-likeness (QED) is 0.698. The molecule has 0 bridgehead atoms. The zero-order chi connectivity index (χ0) is 18.2. The predicted molar refractivity (Wildman–Crippen MR) is 98.9 cm³/mol. The number of carbonyl (C=O) groups excluding carboxylic acids is 1. The highest BCUT2D eigenvalue weighted by atomic mass is 35.5. The molecule has 0 spiro atoms. The van der Waals surface area contributed by atoms with Gasteiger partial charge in [-0.2, -0.15) is 0 Å². The summed E-state index contributed by atoms with van der Waals surface area (Å²) >= 11 is 6.27. The van der Waals surface area contributed by atoms with Gasteiger partial charge in [-0.15, -0.1) is 0 Å². The van der Waals surface area contributed by atoms with Gasteiger partial charge in [0, 0.05) is 12.2 Å². The third kappa shape index (κ3) is 5.03. The summed E-state index contributed by atoms with van der Waals surface area (Å²) in [6.07, 6.45) is 0. The van der Waals surface area contributed by atoms with Crippen molar-refractivity contribution in [3.63, 3.8) is 0 Å². The van der Waals surface area contributed by atoms with Gasteiger partial charge in [-0.3, -0.25) is 0 Å². The van der Waals surface area contributed by atoms with E-state index in [1.807, 2.05) is 31.2 Å². The lowest BCUT2D eigenvalue weighted by atomic mass is 10.1. The van der Waals surface area contributed by atoms with Crippen molar-refractivity contribution >= 4 is 23.3 Å². The number of hydrogen-bond donors (Lipinski definition) is 1. The molecule has 0 atom stereocenters. The lowest BCUT2D eigenvalue weighted by Crippen LogP contribution is -2.05. The molecule has 2 aromatic carbocycles. The summed E-state index contributed by atoms with van der Waals surface area (Å²) in [5.41, 5.74) is 2.37. The van der Waals surface area contributed by atoms with Gasteiger partial charge in [0.25, 0.3) is 0 Å². The van der Waals surface area contributed by atoms with Crippen LogP contribution in [0.25, 0.3) is 0 Å². The zero-order valence-corrected chi connectivity index (χ0v) is 15.4. The van der Waals surface area contributed by atoms with Crippen LogP contribution in [0, 0.1) is 0 Å². The molecule has 0 unspecified atom stereocenters. The first kappa shape index (κ1) is 18.9. The first-order valence-corrected chi connectivity index (χ1v) is 8.47. The van der Waals surface area contributed by atoms with Crippen LogP contribution in [-0.2, 0) is 11.3 Å². The molecule has 2 aromatic rings. The number of nitrogens with one attached hydrogen (secondary N) is 1. The van der Waals surface area contributed by atoms with E-state index in [4.69, 9.17) is 25.8 Å². The van der Waals surface area contributed by atoms with E-state index in [0.29, 0.717) is 41.8 Å². The summed E-state index contributed by atoms with van der Waals surface area (Å²) in [4.78, 5) is 11.6. The van der Waals surface area contributed by atoms with Crippen LogP contribution < -0.4 is 14.8 Å². The normalized spacial score (nSPS) is 10.2. The standard InChI is InChI=1S/C19H22ClNO4/c1-4-24-18-16(20)10-13(11-17(18)23-3)12-21-15-8-6-14(7-9-15)19(22)25-5-2/h6-11,21H,4-5,12H2,1-3H3. The third-order valence-corrected chi connectivity index (χ3v) is 3.75. The summed E-state index contributed by atoms with van der Waals surface area (Å²) in [5, 5.41) is 3.79. The minimum atomic E-state index is -0.322. The van der Waals surface area contributed by atoms with E-state index in [1.165, 1.54) is 0 Å². The average molecular weight is 364 g/mol. The molecule has 25 heavy (non-hydrogen) atoms. The molecule has 0 heterocycles. The fourth-order valence-electron chi connectivity index (χ4n) is 2.30. The largest absolute Gasteiger partial charge is 0.493 e. The Bertz CT molecular complexity index is 716. The Morgan fingerprint density at radius 1 is 1.12 bits per heavy atom. The fraction of sp³-hybridized carbons (Fsp3) is 0.316. The molecule has 0 aliphatic rings. The number of halogens is 1. The molecule has 0 aliphatic heterocycles. The molecule has 0 aromatic heterocycles. The fourth-order valence-corrected chi connectivity index (χ4v) is 2.59. The van der Waals surface area contributed by atoms with Gasteiger partial charge in [-0.05, 0) is 55.8 Å². The Balaban J connectivity index is 2.06. The van der Waals surface area contributed by atoms with Gasteiger partial charge >= 0.3 is 5.97 Å². The lowest BCUT2D eigenvalue weighted by molar-refractivity contribution is 0.0526. The Morgan fingerprint density at radius 2 is 1.84 bits per heavy atom. The second-order valence-corrected chi connectivity index (χ2v) is 5.60. The SMILES string of the molecule is CCOC(=O)c1ccc(NCc2cc(Cl)c(OCC)c(OC)c2)cc1. The van der Waals surface area contributed by atoms with E-state index >= 15 is 0 Å². The molecule has 0 aliphatic carbocycles. The summed E-state index contributed by atoms with van der Waals surface area (Å²) < 4.78 is 15.8. The maximum Gasteiger partial charge on any atom is 0.338 e. The van der Waals surface area contributed by atoms with Crippen LogP contribution in [0.2, 0.25) is 5.02 Å². The molecule has 0 radical (unpaired) electrons. The highest BCUT2D eigenvalue weighted by Gasteiger charge is 2.12. The van der Waals surface area contributed by atoms with Gasteiger partial charge in [0.15, 0.2) is 11.5 Å². The van der Waals surface area contributed by atoms with Gasteiger partial charge in [0.05, 0.1) is 30.9 Å². The molecule has 5 nitrogen and oxygen atoms in total. The number of benzene rings is 2. The number of esters is 1. The highest BCUT2D eigenvalue weighted by Crippen LogP contribution is 2.36. The zero-order valence-electron chi connectivity index (χ0n) is 14.6. The number of ether oxygens (including phenoxy) is 3. The van der Waals surface area contributed by atoms with Crippen LogP contribution in [0.1, 0.15) is 29.8 Å². The van der Waals surface area contributed by atoms with Gasteiger partial charge < -0.3 is 19.5 Å². The van der Waals surface area contributed by atoms with Crippen molar-refractivity contribution in [2.24, 2.45) is 0 Å². The monoisotopic (exact) mass is 363 g/mol.